The molecule has 1 heterocycles. The van der Waals surface area contributed by atoms with Crippen LogP contribution in [0.5, 0.6) is 11.5 Å². The van der Waals surface area contributed by atoms with E-state index in [4.69, 9.17) is 9.47 Å². The number of aliphatic hydroxyl groups is 1. The molecule has 1 N–H and O–H groups in total. The van der Waals surface area contributed by atoms with Gasteiger partial charge in [-0.15, -0.1) is 0 Å². The molecule has 3 atom stereocenters. The van der Waals surface area contributed by atoms with E-state index in [1.165, 1.54) is 11.1 Å². The summed E-state index contributed by atoms with van der Waals surface area (Å²) in [6.07, 6.45) is 2.46. The van der Waals surface area contributed by atoms with Gasteiger partial charge >= 0.3 is 0 Å². The molecule has 0 bridgehead atoms. The minimum absolute atomic E-state index is 0.103. The van der Waals surface area contributed by atoms with Crippen LogP contribution in [0.25, 0.3) is 0 Å². The molecule has 1 aromatic rings. The van der Waals surface area contributed by atoms with Crippen molar-refractivity contribution in [1.29, 1.82) is 0 Å². The minimum Gasteiger partial charge on any atom is -0.493 e. The van der Waals surface area contributed by atoms with E-state index in [0.717, 1.165) is 43.9 Å². The maximum Gasteiger partial charge on any atom is 0.165 e. The Kier molecular flexibility index (Phi) is 4.09. The highest BCUT2D eigenvalue weighted by Crippen LogP contribution is 2.51. The molecule has 4 heteroatoms. The summed E-state index contributed by atoms with van der Waals surface area (Å²) in [5.74, 6) is 2.12. The number of hydrogen-bond acceptors (Lipinski definition) is 4. The van der Waals surface area contributed by atoms with Crippen LogP contribution >= 0.6 is 0 Å². The molecular weight excluding hydrogens is 266 g/mol. The molecule has 0 saturated heterocycles. The fourth-order valence-electron chi connectivity index (χ4n) is 3.57. The summed E-state index contributed by atoms with van der Waals surface area (Å²) in [7, 11) is 3.82. The summed E-state index contributed by atoms with van der Waals surface area (Å²) in [4.78, 5) is 2.30. The first kappa shape index (κ1) is 14.7. The maximum absolute atomic E-state index is 9.90. The topological polar surface area (TPSA) is 41.9 Å². The predicted molar refractivity (Wildman–Crippen MR) is 82.0 cm³/mol. The van der Waals surface area contributed by atoms with E-state index in [1.807, 2.05) is 6.07 Å². The van der Waals surface area contributed by atoms with Crippen molar-refractivity contribution in [3.8, 4) is 11.5 Å². The zero-order chi connectivity index (χ0) is 15.0. The molecule has 0 aromatic heterocycles. The van der Waals surface area contributed by atoms with Crippen LogP contribution < -0.4 is 9.47 Å². The number of hydrogen-bond donors (Lipinski definition) is 1. The summed E-state index contributed by atoms with van der Waals surface area (Å²) < 4.78 is 11.6. The zero-order valence-corrected chi connectivity index (χ0v) is 13.1. The number of aliphatic hydroxyl groups excluding tert-OH is 1. The number of methoxy groups -OCH3 is 1. The highest BCUT2D eigenvalue weighted by molar-refractivity contribution is 5.55. The number of ether oxygens (including phenoxy) is 2. The molecule has 3 rings (SSSR count). The molecule has 0 amide bonds. The smallest absolute Gasteiger partial charge is 0.165 e. The molecule has 1 fully saturated rings. The molecule has 2 aliphatic rings. The molecule has 1 aliphatic heterocycles. The zero-order valence-electron chi connectivity index (χ0n) is 13.1. The number of benzene rings is 1. The summed E-state index contributed by atoms with van der Waals surface area (Å²) in [5, 5.41) is 9.90. The van der Waals surface area contributed by atoms with Gasteiger partial charge in [-0.1, -0.05) is 13.0 Å². The van der Waals surface area contributed by atoms with E-state index >= 15 is 0 Å². The number of fused-ring (bicyclic) bond motifs is 3. The Labute approximate surface area is 126 Å². The molecule has 1 aliphatic carbocycles. The highest BCUT2D eigenvalue weighted by atomic mass is 16.5. The van der Waals surface area contributed by atoms with Crippen LogP contribution in [0.3, 0.4) is 0 Å². The first-order valence-corrected chi connectivity index (χ1v) is 7.87. The summed E-state index contributed by atoms with van der Waals surface area (Å²) in [5.41, 5.74) is 2.64. The van der Waals surface area contributed by atoms with E-state index in [9.17, 15) is 5.11 Å². The molecule has 116 valence electrons. The lowest BCUT2D eigenvalue weighted by molar-refractivity contribution is 0.0541. The van der Waals surface area contributed by atoms with Gasteiger partial charge in [-0.05, 0) is 38.1 Å². The third kappa shape index (κ3) is 2.62. The Hall–Kier alpha value is -1.26. The van der Waals surface area contributed by atoms with Crippen LogP contribution in [0.2, 0.25) is 0 Å². The van der Waals surface area contributed by atoms with Gasteiger partial charge in [0.1, 0.15) is 6.10 Å². The Bertz CT molecular complexity index is 517. The summed E-state index contributed by atoms with van der Waals surface area (Å²) in [6, 6.07) is 4.17. The number of rotatable bonds is 4. The lowest BCUT2D eigenvalue weighted by atomic mass is 9.80. The Morgan fingerprint density at radius 3 is 2.90 bits per heavy atom. The van der Waals surface area contributed by atoms with Crippen LogP contribution in [0.1, 0.15) is 43.2 Å². The fraction of sp³-hybridized carbons (Fsp3) is 0.647. The third-order valence-corrected chi connectivity index (χ3v) is 4.85. The lowest BCUT2D eigenvalue weighted by Gasteiger charge is -2.28. The minimum atomic E-state index is -0.228. The quantitative estimate of drug-likeness (QED) is 0.925. The monoisotopic (exact) mass is 291 g/mol. The normalized spacial score (nSPS) is 27.2. The van der Waals surface area contributed by atoms with Crippen molar-refractivity contribution in [1.82, 2.24) is 4.90 Å². The Morgan fingerprint density at radius 2 is 2.19 bits per heavy atom. The van der Waals surface area contributed by atoms with E-state index in [2.05, 4.69) is 24.9 Å². The second kappa shape index (κ2) is 5.85. The second-order valence-corrected chi connectivity index (χ2v) is 6.23. The molecule has 0 spiro atoms. The molecule has 0 radical (unpaired) electrons. The van der Waals surface area contributed by atoms with Gasteiger partial charge in [0.15, 0.2) is 11.5 Å². The first-order chi connectivity index (χ1) is 10.1. The largest absolute Gasteiger partial charge is 0.493 e. The van der Waals surface area contributed by atoms with Crippen LogP contribution in [0.4, 0.5) is 0 Å². The molecular formula is C17H25NO3. The van der Waals surface area contributed by atoms with Crippen molar-refractivity contribution in [3.63, 3.8) is 0 Å². The second-order valence-electron chi connectivity index (χ2n) is 6.23. The van der Waals surface area contributed by atoms with E-state index in [0.29, 0.717) is 5.92 Å². The summed E-state index contributed by atoms with van der Waals surface area (Å²) >= 11 is 0. The van der Waals surface area contributed by atoms with Crippen LogP contribution in [-0.4, -0.2) is 42.9 Å². The van der Waals surface area contributed by atoms with Crippen molar-refractivity contribution in [3.05, 3.63) is 23.3 Å². The van der Waals surface area contributed by atoms with Crippen molar-refractivity contribution < 1.29 is 14.6 Å². The van der Waals surface area contributed by atoms with Crippen molar-refractivity contribution in [2.75, 3.05) is 20.7 Å². The molecule has 21 heavy (non-hydrogen) atoms. The standard InChI is InChI=1S/C17H25NO3/c1-4-18(2)10-11-5-8-14(20-3)17-16(11)13-7-6-12(19)9-15(13)21-17/h5,8,12-13,15,19H,4,6-7,9-10H2,1-3H3/t12-,13?,15?/m0/s1. The lowest BCUT2D eigenvalue weighted by Crippen LogP contribution is -2.31. The van der Waals surface area contributed by atoms with Gasteiger partial charge < -0.3 is 19.5 Å². The summed E-state index contributed by atoms with van der Waals surface area (Å²) in [6.45, 7) is 4.12. The van der Waals surface area contributed by atoms with Gasteiger partial charge in [0.2, 0.25) is 0 Å². The predicted octanol–water partition coefficient (Wildman–Crippen LogP) is 2.54. The van der Waals surface area contributed by atoms with Crippen LogP contribution in [-0.2, 0) is 6.54 Å². The van der Waals surface area contributed by atoms with Gasteiger partial charge in [-0.2, -0.15) is 0 Å². The average Bonchev–Trinajstić information content (AvgIpc) is 2.86. The highest BCUT2D eigenvalue weighted by Gasteiger charge is 2.41. The van der Waals surface area contributed by atoms with Crippen molar-refractivity contribution in [2.24, 2.45) is 0 Å². The molecule has 1 aromatic carbocycles. The first-order valence-electron chi connectivity index (χ1n) is 7.87. The Morgan fingerprint density at radius 1 is 1.38 bits per heavy atom. The van der Waals surface area contributed by atoms with Gasteiger partial charge in [-0.25, -0.2) is 0 Å². The maximum atomic E-state index is 9.90. The fourth-order valence-corrected chi connectivity index (χ4v) is 3.57. The SMILES string of the molecule is CCN(C)Cc1ccc(OC)c2c1C1CC[C@H](O)CC1O2. The Balaban J connectivity index is 1.98. The van der Waals surface area contributed by atoms with Crippen LogP contribution in [0.15, 0.2) is 12.1 Å². The van der Waals surface area contributed by atoms with E-state index in [1.54, 1.807) is 7.11 Å². The molecule has 1 saturated carbocycles. The number of nitrogens with zero attached hydrogens (tertiary/aromatic N) is 1. The van der Waals surface area contributed by atoms with Crippen molar-refractivity contribution >= 4 is 0 Å². The van der Waals surface area contributed by atoms with Gasteiger partial charge in [0.25, 0.3) is 0 Å². The molecule has 4 nitrogen and oxygen atoms in total. The van der Waals surface area contributed by atoms with Gasteiger partial charge in [0, 0.05) is 24.4 Å². The molecule has 2 unspecified atom stereocenters. The third-order valence-electron chi connectivity index (χ3n) is 4.85. The average molecular weight is 291 g/mol. The van der Waals surface area contributed by atoms with E-state index < -0.39 is 0 Å². The van der Waals surface area contributed by atoms with Gasteiger partial charge in [0.05, 0.1) is 13.2 Å². The van der Waals surface area contributed by atoms with Crippen LogP contribution in [0, 0.1) is 0 Å². The van der Waals surface area contributed by atoms with E-state index in [-0.39, 0.29) is 12.2 Å². The van der Waals surface area contributed by atoms with Crippen molar-refractivity contribution in [2.45, 2.75) is 50.9 Å². The van der Waals surface area contributed by atoms with Gasteiger partial charge in [-0.3, -0.25) is 0 Å².